The van der Waals surface area contributed by atoms with Crippen molar-refractivity contribution in [2.75, 3.05) is 26.4 Å². The second kappa shape index (κ2) is 14.3. The van der Waals surface area contributed by atoms with E-state index in [-0.39, 0.29) is 24.3 Å². The molecule has 0 aromatic carbocycles. The van der Waals surface area contributed by atoms with Gasteiger partial charge in [0.1, 0.15) is 18.8 Å². The Balaban J connectivity index is 4.73. The van der Waals surface area contributed by atoms with Crippen LogP contribution in [0.5, 0.6) is 0 Å². The van der Waals surface area contributed by atoms with Crippen LogP contribution in [-0.4, -0.2) is 62.3 Å². The quantitative estimate of drug-likeness (QED) is 0.105. The van der Waals surface area contributed by atoms with Crippen molar-refractivity contribution in [1.82, 2.24) is 5.32 Å². The van der Waals surface area contributed by atoms with Crippen molar-refractivity contribution in [3.8, 4) is 0 Å². The van der Waals surface area contributed by atoms with Crippen molar-refractivity contribution in [1.29, 1.82) is 0 Å². The fraction of sp³-hybridized carbons (Fsp3) is 0.381. The van der Waals surface area contributed by atoms with Crippen LogP contribution in [0.4, 0.5) is 0 Å². The first-order chi connectivity index (χ1) is 14.5. The molecule has 1 N–H and O–H groups in total. The molecule has 0 saturated heterocycles. The van der Waals surface area contributed by atoms with Gasteiger partial charge >= 0.3 is 23.9 Å². The molecule has 1 amide bonds. The number of hydrogen-bond acceptors (Lipinski definition) is 9. The number of rotatable bonds is 14. The number of nitrogens with one attached hydrogen (secondary N) is 1. The lowest BCUT2D eigenvalue weighted by Gasteiger charge is -2.18. The zero-order valence-corrected chi connectivity index (χ0v) is 17.7. The highest BCUT2D eigenvalue weighted by atomic mass is 16.6. The molecular formula is C21H27NO9. The van der Waals surface area contributed by atoms with Gasteiger partial charge in [-0.25, -0.2) is 19.2 Å². The number of carbonyl (C=O) groups excluding carboxylic acids is 5. The summed E-state index contributed by atoms with van der Waals surface area (Å²) in [6.45, 7) is 15.6. The fourth-order valence-electron chi connectivity index (χ4n) is 1.63. The smallest absolute Gasteiger partial charge is 0.343 e. The van der Waals surface area contributed by atoms with Crippen LogP contribution in [0.15, 0.2) is 49.1 Å². The zero-order valence-electron chi connectivity index (χ0n) is 17.7. The third kappa shape index (κ3) is 11.8. The number of amides is 1. The van der Waals surface area contributed by atoms with Crippen LogP contribution in [0.2, 0.25) is 0 Å². The topological polar surface area (TPSA) is 134 Å². The van der Waals surface area contributed by atoms with Gasteiger partial charge in [-0.1, -0.05) is 26.3 Å². The number of esters is 4. The lowest BCUT2D eigenvalue weighted by atomic mass is 10.2. The van der Waals surface area contributed by atoms with Gasteiger partial charge in [-0.2, -0.15) is 0 Å². The summed E-state index contributed by atoms with van der Waals surface area (Å²) < 4.78 is 19.6. The van der Waals surface area contributed by atoms with Crippen molar-refractivity contribution in [2.45, 2.75) is 26.4 Å². The first-order valence-electron chi connectivity index (χ1n) is 9.12. The standard InChI is InChI=1S/C21H27NO9/c1-7-17(23)28-10-8-9-22-18(24)15(6)21(27)31-16(11-29-19(25)13(2)3)12-30-20(26)14(4)5/h7,16H,1-2,4,6,8-12H2,3,5H3,(H,22,24). The highest BCUT2D eigenvalue weighted by Crippen LogP contribution is 2.05. The van der Waals surface area contributed by atoms with E-state index in [2.05, 4.69) is 31.6 Å². The molecule has 170 valence electrons. The number of ether oxygens (including phenoxy) is 4. The van der Waals surface area contributed by atoms with E-state index in [4.69, 9.17) is 18.9 Å². The van der Waals surface area contributed by atoms with Crippen LogP contribution in [0.1, 0.15) is 20.3 Å². The molecule has 0 spiro atoms. The van der Waals surface area contributed by atoms with Gasteiger partial charge in [-0.05, 0) is 20.3 Å². The van der Waals surface area contributed by atoms with E-state index in [9.17, 15) is 24.0 Å². The molecule has 0 bridgehead atoms. The Hall–Kier alpha value is -3.69. The van der Waals surface area contributed by atoms with Gasteiger partial charge in [0.05, 0.1) is 6.61 Å². The Kier molecular flexibility index (Phi) is 12.6. The van der Waals surface area contributed by atoms with E-state index in [0.29, 0.717) is 6.42 Å². The molecule has 0 unspecified atom stereocenters. The van der Waals surface area contributed by atoms with E-state index >= 15 is 0 Å². The Morgan fingerprint density at radius 3 is 1.84 bits per heavy atom. The van der Waals surface area contributed by atoms with Gasteiger partial charge in [0.25, 0.3) is 5.91 Å². The minimum atomic E-state index is -1.19. The molecule has 0 heterocycles. The molecule has 31 heavy (non-hydrogen) atoms. The summed E-state index contributed by atoms with van der Waals surface area (Å²) in [7, 11) is 0. The first-order valence-corrected chi connectivity index (χ1v) is 9.12. The molecule has 10 heteroatoms. The van der Waals surface area contributed by atoms with Gasteiger partial charge in [-0.15, -0.1) is 0 Å². The van der Waals surface area contributed by atoms with Crippen LogP contribution in [0, 0.1) is 0 Å². The molecule has 0 saturated carbocycles. The summed E-state index contributed by atoms with van der Waals surface area (Å²) in [6.07, 6.45) is 0.111. The van der Waals surface area contributed by atoms with Gasteiger partial charge in [0.2, 0.25) is 0 Å². The lowest BCUT2D eigenvalue weighted by Crippen LogP contribution is -2.35. The molecule has 0 aliphatic heterocycles. The zero-order chi connectivity index (χ0) is 24.0. The van der Waals surface area contributed by atoms with Crippen LogP contribution < -0.4 is 5.32 Å². The average Bonchev–Trinajstić information content (AvgIpc) is 2.73. The Labute approximate surface area is 180 Å². The third-order valence-corrected chi connectivity index (χ3v) is 3.31. The second-order valence-corrected chi connectivity index (χ2v) is 6.24. The largest absolute Gasteiger partial charge is 0.462 e. The molecule has 0 aliphatic rings. The Morgan fingerprint density at radius 1 is 0.871 bits per heavy atom. The van der Waals surface area contributed by atoms with E-state index in [1.54, 1.807) is 0 Å². The molecule has 0 aromatic rings. The molecule has 10 nitrogen and oxygen atoms in total. The van der Waals surface area contributed by atoms with Crippen molar-refractivity contribution < 1.29 is 42.9 Å². The second-order valence-electron chi connectivity index (χ2n) is 6.24. The predicted molar refractivity (Wildman–Crippen MR) is 109 cm³/mol. The fourth-order valence-corrected chi connectivity index (χ4v) is 1.63. The molecular weight excluding hydrogens is 410 g/mol. The molecule has 0 radical (unpaired) electrons. The highest BCUT2D eigenvalue weighted by Gasteiger charge is 2.24. The molecule has 0 aromatic heterocycles. The van der Waals surface area contributed by atoms with Crippen molar-refractivity contribution >= 4 is 29.8 Å². The van der Waals surface area contributed by atoms with E-state index in [1.807, 2.05) is 0 Å². The third-order valence-electron chi connectivity index (χ3n) is 3.31. The van der Waals surface area contributed by atoms with Gasteiger partial charge < -0.3 is 24.3 Å². The minimum Gasteiger partial charge on any atom is -0.462 e. The van der Waals surface area contributed by atoms with E-state index in [0.717, 1.165) is 6.08 Å². The van der Waals surface area contributed by atoms with Crippen molar-refractivity contribution in [3.63, 3.8) is 0 Å². The summed E-state index contributed by atoms with van der Waals surface area (Å²) >= 11 is 0. The highest BCUT2D eigenvalue weighted by molar-refractivity contribution is 6.15. The summed E-state index contributed by atoms with van der Waals surface area (Å²) in [4.78, 5) is 58.2. The van der Waals surface area contributed by atoms with Gasteiger partial charge in [-0.3, -0.25) is 4.79 Å². The molecule has 0 fully saturated rings. The Bertz CT molecular complexity index is 737. The predicted octanol–water partition coefficient (Wildman–Crippen LogP) is 0.928. The maximum atomic E-state index is 12.2. The van der Waals surface area contributed by atoms with E-state index in [1.165, 1.54) is 13.8 Å². The van der Waals surface area contributed by atoms with Crippen LogP contribution >= 0.6 is 0 Å². The molecule has 0 aliphatic carbocycles. The average molecular weight is 437 g/mol. The lowest BCUT2D eigenvalue weighted by molar-refractivity contribution is -0.162. The number of hydrogen-bond donors (Lipinski definition) is 1. The monoisotopic (exact) mass is 437 g/mol. The SMILES string of the molecule is C=CC(=O)OCCCNC(=O)C(=C)C(=O)OC(COC(=O)C(=C)C)COC(=O)C(=C)C. The minimum absolute atomic E-state index is 0.0479. The summed E-state index contributed by atoms with van der Waals surface area (Å²) in [6, 6.07) is 0. The normalized spacial score (nSPS) is 9.77. The maximum absolute atomic E-state index is 12.2. The summed E-state index contributed by atoms with van der Waals surface area (Å²) in [5.41, 5.74) is -0.288. The van der Waals surface area contributed by atoms with Gasteiger partial charge in [0, 0.05) is 23.8 Å². The number of carbonyl (C=O) groups is 5. The maximum Gasteiger partial charge on any atom is 0.343 e. The van der Waals surface area contributed by atoms with Crippen molar-refractivity contribution in [2.24, 2.45) is 0 Å². The van der Waals surface area contributed by atoms with Crippen molar-refractivity contribution in [3.05, 3.63) is 49.1 Å². The molecule has 0 atom stereocenters. The van der Waals surface area contributed by atoms with E-state index < -0.39 is 54.7 Å². The van der Waals surface area contributed by atoms with Crippen LogP contribution in [-0.2, 0) is 42.9 Å². The molecule has 0 rings (SSSR count). The van der Waals surface area contributed by atoms with Crippen LogP contribution in [0.25, 0.3) is 0 Å². The van der Waals surface area contributed by atoms with Crippen LogP contribution in [0.3, 0.4) is 0 Å². The summed E-state index contributed by atoms with van der Waals surface area (Å²) in [5, 5.41) is 2.41. The first kappa shape index (κ1) is 27.3. The van der Waals surface area contributed by atoms with Gasteiger partial charge in [0.15, 0.2) is 6.10 Å². The Morgan fingerprint density at radius 2 is 1.39 bits per heavy atom. The summed E-state index contributed by atoms with van der Waals surface area (Å²) in [5.74, 6) is -3.97.